The van der Waals surface area contributed by atoms with Gasteiger partial charge in [-0.3, -0.25) is 9.59 Å². The second-order valence-corrected chi connectivity index (χ2v) is 6.72. The van der Waals surface area contributed by atoms with Gasteiger partial charge in [0.1, 0.15) is 5.75 Å². The topological polar surface area (TPSA) is 90.8 Å². The van der Waals surface area contributed by atoms with Crippen LogP contribution in [-0.4, -0.2) is 23.1 Å². The minimum atomic E-state index is -0.388. The molecule has 3 N–H and O–H groups in total. The smallest absolute Gasteiger partial charge is 0.240 e. The third-order valence-electron chi connectivity index (χ3n) is 4.55. The summed E-state index contributed by atoms with van der Waals surface area (Å²) < 4.78 is 0. The average molecular weight is 401 g/mol. The first-order valence-corrected chi connectivity index (χ1v) is 9.59. The molecule has 0 atom stereocenters. The van der Waals surface area contributed by atoms with Crippen molar-refractivity contribution in [3.63, 3.8) is 0 Å². The van der Waals surface area contributed by atoms with Crippen molar-refractivity contribution in [1.82, 2.24) is 5.43 Å². The summed E-state index contributed by atoms with van der Waals surface area (Å²) in [5.74, 6) is -0.536. The van der Waals surface area contributed by atoms with E-state index in [2.05, 4.69) is 22.4 Å². The number of allylic oxidation sites excluding steroid dienone is 1. The fourth-order valence-corrected chi connectivity index (χ4v) is 3.04. The van der Waals surface area contributed by atoms with Crippen molar-refractivity contribution in [1.29, 1.82) is 0 Å². The van der Waals surface area contributed by atoms with Crippen LogP contribution in [0.25, 0.3) is 10.8 Å². The van der Waals surface area contributed by atoms with E-state index in [1.807, 2.05) is 42.5 Å². The Morgan fingerprint density at radius 2 is 1.70 bits per heavy atom. The van der Waals surface area contributed by atoms with Crippen molar-refractivity contribution in [3.05, 3.63) is 84.4 Å². The molecule has 6 heteroatoms. The lowest BCUT2D eigenvalue weighted by molar-refractivity contribution is -0.124. The standard InChI is InChI=1S/C24H23N3O3/c1-2-7-18-10-5-11-19(24(18)30)16-25-27-23(29)15-14-22(28)26-21-13-6-9-17-8-3-4-12-20(17)21/h2-6,8-13,16,30H,1,7,14-15H2,(H,26,28)(H,27,29)/b25-16+. The Kier molecular flexibility index (Phi) is 6.95. The van der Waals surface area contributed by atoms with E-state index in [1.54, 1.807) is 24.3 Å². The number of aromatic hydroxyl groups is 1. The van der Waals surface area contributed by atoms with Crippen LogP contribution in [0.4, 0.5) is 5.69 Å². The van der Waals surface area contributed by atoms with Gasteiger partial charge in [-0.25, -0.2) is 5.43 Å². The molecule has 0 heterocycles. The molecule has 30 heavy (non-hydrogen) atoms. The van der Waals surface area contributed by atoms with Crippen LogP contribution < -0.4 is 10.7 Å². The van der Waals surface area contributed by atoms with Gasteiger partial charge in [0.15, 0.2) is 0 Å². The quantitative estimate of drug-likeness (QED) is 0.301. The molecule has 3 aromatic carbocycles. The fourth-order valence-electron chi connectivity index (χ4n) is 3.04. The average Bonchev–Trinajstić information content (AvgIpc) is 2.75. The molecule has 0 unspecified atom stereocenters. The Balaban J connectivity index is 1.51. The van der Waals surface area contributed by atoms with Crippen LogP contribution >= 0.6 is 0 Å². The van der Waals surface area contributed by atoms with Gasteiger partial charge in [-0.15, -0.1) is 6.58 Å². The zero-order valence-corrected chi connectivity index (χ0v) is 16.5. The molecule has 3 aromatic rings. The maximum absolute atomic E-state index is 12.2. The highest BCUT2D eigenvalue weighted by molar-refractivity contribution is 6.02. The number of para-hydroxylation sites is 1. The fraction of sp³-hybridized carbons (Fsp3) is 0.125. The third-order valence-corrected chi connectivity index (χ3v) is 4.55. The summed E-state index contributed by atoms with van der Waals surface area (Å²) in [6.45, 7) is 3.65. The first kappa shape index (κ1) is 20.8. The minimum absolute atomic E-state index is 0.00355. The SMILES string of the molecule is C=CCc1cccc(/C=N/NC(=O)CCC(=O)Nc2cccc3ccccc23)c1O. The van der Waals surface area contributed by atoms with Crippen LogP contribution in [0.2, 0.25) is 0 Å². The van der Waals surface area contributed by atoms with Crippen LogP contribution in [0.15, 0.2) is 78.4 Å². The number of carbonyl (C=O) groups excluding carboxylic acids is 2. The van der Waals surface area contributed by atoms with Crippen LogP contribution in [0.3, 0.4) is 0 Å². The number of benzene rings is 3. The predicted octanol–water partition coefficient (Wildman–Crippen LogP) is 4.14. The summed E-state index contributed by atoms with van der Waals surface area (Å²) in [6, 6.07) is 18.7. The molecule has 0 aliphatic rings. The van der Waals surface area contributed by atoms with Crippen molar-refractivity contribution in [3.8, 4) is 5.75 Å². The van der Waals surface area contributed by atoms with Gasteiger partial charge in [0, 0.05) is 29.5 Å². The second-order valence-electron chi connectivity index (χ2n) is 6.72. The summed E-state index contributed by atoms with van der Waals surface area (Å²) in [7, 11) is 0. The molecule has 0 fully saturated rings. The number of fused-ring (bicyclic) bond motifs is 1. The number of hydrogen-bond acceptors (Lipinski definition) is 4. The molecule has 0 bridgehead atoms. The van der Waals surface area contributed by atoms with Crippen LogP contribution in [0.5, 0.6) is 5.75 Å². The highest BCUT2D eigenvalue weighted by atomic mass is 16.3. The molecule has 0 radical (unpaired) electrons. The number of phenolic OH excluding ortho intramolecular Hbond substituents is 1. The lowest BCUT2D eigenvalue weighted by Crippen LogP contribution is -2.20. The monoisotopic (exact) mass is 401 g/mol. The van der Waals surface area contributed by atoms with E-state index in [-0.39, 0.29) is 30.4 Å². The van der Waals surface area contributed by atoms with Crippen molar-refractivity contribution >= 4 is 34.5 Å². The van der Waals surface area contributed by atoms with Gasteiger partial charge >= 0.3 is 0 Å². The van der Waals surface area contributed by atoms with E-state index in [1.165, 1.54) is 6.21 Å². The maximum Gasteiger partial charge on any atom is 0.240 e. The van der Waals surface area contributed by atoms with Crippen molar-refractivity contribution < 1.29 is 14.7 Å². The minimum Gasteiger partial charge on any atom is -0.507 e. The van der Waals surface area contributed by atoms with Gasteiger partial charge in [0.2, 0.25) is 11.8 Å². The summed E-state index contributed by atoms with van der Waals surface area (Å²) in [6.07, 6.45) is 3.63. The Hall–Kier alpha value is -3.93. The molecular weight excluding hydrogens is 378 g/mol. The Morgan fingerprint density at radius 3 is 2.53 bits per heavy atom. The van der Waals surface area contributed by atoms with E-state index in [0.717, 1.165) is 16.3 Å². The number of carbonyl (C=O) groups is 2. The van der Waals surface area contributed by atoms with E-state index < -0.39 is 0 Å². The summed E-state index contributed by atoms with van der Waals surface area (Å²) in [4.78, 5) is 24.2. The normalized spacial score (nSPS) is 10.8. The van der Waals surface area contributed by atoms with Gasteiger partial charge in [-0.2, -0.15) is 5.10 Å². The number of hydrazone groups is 1. The number of amides is 2. The maximum atomic E-state index is 12.2. The second kappa shape index (κ2) is 10.0. The van der Waals surface area contributed by atoms with Crippen molar-refractivity contribution in [2.45, 2.75) is 19.3 Å². The lowest BCUT2D eigenvalue weighted by atomic mass is 10.1. The summed E-state index contributed by atoms with van der Waals surface area (Å²) in [5, 5.41) is 18.9. The molecule has 152 valence electrons. The molecule has 0 aromatic heterocycles. The number of nitrogens with one attached hydrogen (secondary N) is 2. The first-order chi connectivity index (χ1) is 14.6. The highest BCUT2D eigenvalue weighted by Gasteiger charge is 2.09. The Labute approximate surface area is 174 Å². The number of nitrogens with zero attached hydrogens (tertiary/aromatic N) is 1. The Bertz CT molecular complexity index is 1100. The van der Waals surface area contributed by atoms with Crippen LogP contribution in [-0.2, 0) is 16.0 Å². The largest absolute Gasteiger partial charge is 0.507 e. The number of rotatable bonds is 8. The summed E-state index contributed by atoms with van der Waals surface area (Å²) >= 11 is 0. The lowest BCUT2D eigenvalue weighted by Gasteiger charge is -2.08. The van der Waals surface area contributed by atoms with Crippen LogP contribution in [0.1, 0.15) is 24.0 Å². The van der Waals surface area contributed by atoms with E-state index in [0.29, 0.717) is 17.7 Å². The highest BCUT2D eigenvalue weighted by Crippen LogP contribution is 2.23. The number of anilines is 1. The third kappa shape index (κ3) is 5.32. The molecule has 3 rings (SSSR count). The van der Waals surface area contributed by atoms with E-state index in [4.69, 9.17) is 0 Å². The predicted molar refractivity (Wildman–Crippen MR) is 120 cm³/mol. The van der Waals surface area contributed by atoms with Gasteiger partial charge in [0.25, 0.3) is 0 Å². The molecule has 0 aliphatic carbocycles. The molecule has 2 amide bonds. The van der Waals surface area contributed by atoms with Gasteiger partial charge in [-0.1, -0.05) is 54.6 Å². The van der Waals surface area contributed by atoms with E-state index in [9.17, 15) is 14.7 Å². The summed E-state index contributed by atoms with van der Waals surface area (Å²) in [5.41, 5.74) is 4.31. The van der Waals surface area contributed by atoms with Crippen molar-refractivity contribution in [2.75, 3.05) is 5.32 Å². The van der Waals surface area contributed by atoms with Gasteiger partial charge in [-0.05, 0) is 29.5 Å². The molecule has 0 saturated carbocycles. The van der Waals surface area contributed by atoms with Crippen LogP contribution in [0, 0.1) is 0 Å². The molecule has 6 nitrogen and oxygen atoms in total. The molecule has 0 saturated heterocycles. The zero-order chi connectivity index (χ0) is 21.3. The first-order valence-electron chi connectivity index (χ1n) is 9.59. The number of phenols is 1. The Morgan fingerprint density at radius 1 is 0.967 bits per heavy atom. The van der Waals surface area contributed by atoms with Gasteiger partial charge in [0.05, 0.1) is 6.21 Å². The van der Waals surface area contributed by atoms with E-state index >= 15 is 0 Å². The van der Waals surface area contributed by atoms with Crippen molar-refractivity contribution in [2.24, 2.45) is 5.10 Å². The van der Waals surface area contributed by atoms with Gasteiger partial charge < -0.3 is 10.4 Å². The molecular formula is C24H23N3O3. The number of hydrogen-bond donors (Lipinski definition) is 3. The molecule has 0 spiro atoms. The molecule has 0 aliphatic heterocycles. The zero-order valence-electron chi connectivity index (χ0n) is 16.5.